The van der Waals surface area contributed by atoms with Gasteiger partial charge in [-0.15, -0.1) is 0 Å². The molecule has 3 aromatic rings. The molecule has 0 aliphatic carbocycles. The van der Waals surface area contributed by atoms with Crippen LogP contribution in [0.5, 0.6) is 0 Å². The predicted molar refractivity (Wildman–Crippen MR) is 102 cm³/mol. The third-order valence-corrected chi connectivity index (χ3v) is 5.36. The van der Waals surface area contributed by atoms with Gasteiger partial charge >= 0.3 is 0 Å². The van der Waals surface area contributed by atoms with Crippen LogP contribution in [0, 0.1) is 17.1 Å². The molecule has 1 heterocycles. The maximum Gasteiger partial charge on any atom is 0.179 e. The molecule has 0 fully saturated rings. The van der Waals surface area contributed by atoms with Crippen LogP contribution in [0.3, 0.4) is 0 Å². The summed E-state index contributed by atoms with van der Waals surface area (Å²) in [5.74, 6) is 0.188. The highest BCUT2D eigenvalue weighted by atomic mass is 79.9. The van der Waals surface area contributed by atoms with Crippen molar-refractivity contribution in [2.24, 2.45) is 0 Å². The van der Waals surface area contributed by atoms with Crippen LogP contribution in [-0.2, 0) is 0 Å². The molecule has 2 nitrogen and oxygen atoms in total. The van der Waals surface area contributed by atoms with E-state index in [0.717, 1.165) is 9.37 Å². The molecule has 0 spiro atoms. The van der Waals surface area contributed by atoms with Crippen LogP contribution in [0.2, 0.25) is 5.02 Å². The maximum absolute atomic E-state index is 13.0. The van der Waals surface area contributed by atoms with Crippen LogP contribution in [0.25, 0.3) is 11.6 Å². The fraction of sp³-hybridized carbons (Fsp3) is 0. The van der Waals surface area contributed by atoms with Crippen molar-refractivity contribution in [2.45, 2.75) is 9.99 Å². The van der Waals surface area contributed by atoms with Gasteiger partial charge in [-0.05, 0) is 70.0 Å². The topological polar surface area (TPSA) is 36.9 Å². The molecule has 1 aromatic heterocycles. The second-order valence-electron chi connectivity index (χ2n) is 5.02. The molecule has 0 unspecified atom stereocenters. The van der Waals surface area contributed by atoms with E-state index in [1.54, 1.807) is 24.3 Å². The minimum absolute atomic E-state index is 0.344. The van der Waals surface area contributed by atoms with Gasteiger partial charge in [0.25, 0.3) is 0 Å². The summed E-state index contributed by atoms with van der Waals surface area (Å²) in [6, 6.07) is 17.1. The molecule has 0 atom stereocenters. The molecule has 2 aromatic carbocycles. The van der Waals surface area contributed by atoms with E-state index >= 15 is 0 Å². The molecular weight excluding hydrogens is 425 g/mol. The van der Waals surface area contributed by atoms with Gasteiger partial charge in [0, 0.05) is 9.92 Å². The number of hydrogen-bond acceptors (Lipinski definition) is 3. The lowest BCUT2D eigenvalue weighted by molar-refractivity contribution is 0.463. The number of rotatable bonds is 4. The first-order chi connectivity index (χ1) is 12.0. The second kappa shape index (κ2) is 7.92. The lowest BCUT2D eigenvalue weighted by Crippen LogP contribution is -1.82. The van der Waals surface area contributed by atoms with Gasteiger partial charge in [-0.1, -0.05) is 35.5 Å². The van der Waals surface area contributed by atoms with Crippen LogP contribution >= 0.6 is 39.3 Å². The summed E-state index contributed by atoms with van der Waals surface area (Å²) in [4.78, 5) is 0.981. The van der Waals surface area contributed by atoms with Crippen molar-refractivity contribution in [3.63, 3.8) is 0 Å². The quantitative estimate of drug-likeness (QED) is 0.413. The van der Waals surface area contributed by atoms with Gasteiger partial charge in [0.15, 0.2) is 5.09 Å². The van der Waals surface area contributed by atoms with E-state index in [1.807, 2.05) is 24.3 Å². The Morgan fingerprint density at radius 2 is 1.84 bits per heavy atom. The van der Waals surface area contributed by atoms with Gasteiger partial charge in [0.2, 0.25) is 0 Å². The molecule has 0 radical (unpaired) electrons. The SMILES string of the molecule is N#C/C(=C/c1cc(Br)c(Sc2ccc(Cl)cc2)o1)c1ccc(F)cc1. The Bertz CT molecular complexity index is 959. The molecular formula is C19H10BrClFNOS. The fourth-order valence-electron chi connectivity index (χ4n) is 2.07. The molecule has 0 saturated heterocycles. The number of allylic oxidation sites excluding steroid dienone is 1. The van der Waals surface area contributed by atoms with Crippen LogP contribution < -0.4 is 0 Å². The summed E-state index contributed by atoms with van der Waals surface area (Å²) in [6.45, 7) is 0. The number of furan rings is 1. The molecule has 0 amide bonds. The van der Waals surface area contributed by atoms with Crippen LogP contribution in [0.1, 0.15) is 11.3 Å². The van der Waals surface area contributed by atoms with Crippen molar-refractivity contribution < 1.29 is 8.81 Å². The third kappa shape index (κ3) is 4.55. The first kappa shape index (κ1) is 17.8. The van der Waals surface area contributed by atoms with Gasteiger partial charge in [0.05, 0.1) is 16.1 Å². The Morgan fingerprint density at radius 1 is 1.16 bits per heavy atom. The molecule has 0 aliphatic rings. The Kier molecular flexibility index (Phi) is 5.64. The van der Waals surface area contributed by atoms with Crippen molar-refractivity contribution in [1.29, 1.82) is 5.26 Å². The first-order valence-electron chi connectivity index (χ1n) is 7.15. The van der Waals surface area contributed by atoms with E-state index < -0.39 is 0 Å². The van der Waals surface area contributed by atoms with Crippen LogP contribution in [0.15, 0.2) is 73.5 Å². The highest BCUT2D eigenvalue weighted by Crippen LogP contribution is 2.37. The zero-order chi connectivity index (χ0) is 17.8. The Balaban J connectivity index is 1.87. The molecule has 0 aliphatic heterocycles. The number of hydrogen-bond donors (Lipinski definition) is 0. The van der Waals surface area contributed by atoms with Crippen LogP contribution in [-0.4, -0.2) is 0 Å². The van der Waals surface area contributed by atoms with E-state index in [2.05, 4.69) is 22.0 Å². The minimum Gasteiger partial charge on any atom is -0.449 e. The van der Waals surface area contributed by atoms with Gasteiger partial charge in [-0.3, -0.25) is 0 Å². The summed E-state index contributed by atoms with van der Waals surface area (Å²) < 4.78 is 19.6. The number of nitriles is 1. The molecule has 25 heavy (non-hydrogen) atoms. The smallest absolute Gasteiger partial charge is 0.179 e. The number of nitrogens with zero attached hydrogens (tertiary/aromatic N) is 1. The fourth-order valence-corrected chi connectivity index (χ4v) is 3.53. The van der Waals surface area contributed by atoms with E-state index in [1.165, 1.54) is 23.9 Å². The molecule has 0 saturated carbocycles. The standard InChI is InChI=1S/C19H10BrClFNOS/c20-18-10-16(9-13(11-23)12-1-5-15(22)6-2-12)24-19(18)25-17-7-3-14(21)4-8-17/h1-10H/b13-9-. The Labute approximate surface area is 162 Å². The molecule has 124 valence electrons. The van der Waals surface area contributed by atoms with Crippen molar-refractivity contribution in [2.75, 3.05) is 0 Å². The van der Waals surface area contributed by atoms with E-state index in [9.17, 15) is 9.65 Å². The minimum atomic E-state index is -0.344. The van der Waals surface area contributed by atoms with Crippen LogP contribution in [0.4, 0.5) is 4.39 Å². The first-order valence-corrected chi connectivity index (χ1v) is 9.14. The monoisotopic (exact) mass is 433 g/mol. The lowest BCUT2D eigenvalue weighted by atomic mass is 10.1. The molecule has 0 bridgehead atoms. The van der Waals surface area contributed by atoms with Crippen molar-refractivity contribution >= 4 is 50.9 Å². The molecule has 3 rings (SSSR count). The average molecular weight is 435 g/mol. The lowest BCUT2D eigenvalue weighted by Gasteiger charge is -1.99. The highest BCUT2D eigenvalue weighted by Gasteiger charge is 2.11. The zero-order valence-electron chi connectivity index (χ0n) is 12.7. The zero-order valence-corrected chi connectivity index (χ0v) is 15.8. The number of benzene rings is 2. The van der Waals surface area contributed by atoms with E-state index in [0.29, 0.717) is 27.0 Å². The summed E-state index contributed by atoms with van der Waals surface area (Å²) in [7, 11) is 0. The predicted octanol–water partition coefficient (Wildman–Crippen LogP) is 7.05. The van der Waals surface area contributed by atoms with Gasteiger partial charge in [-0.25, -0.2) is 4.39 Å². The highest BCUT2D eigenvalue weighted by molar-refractivity contribution is 9.10. The second-order valence-corrected chi connectivity index (χ2v) is 7.35. The van der Waals surface area contributed by atoms with Crippen molar-refractivity contribution in [1.82, 2.24) is 0 Å². The largest absolute Gasteiger partial charge is 0.449 e. The molecule has 0 N–H and O–H groups in total. The summed E-state index contributed by atoms with van der Waals surface area (Å²) >= 11 is 10.8. The number of halogens is 3. The third-order valence-electron chi connectivity index (χ3n) is 3.26. The van der Waals surface area contributed by atoms with E-state index in [-0.39, 0.29) is 5.82 Å². The van der Waals surface area contributed by atoms with Gasteiger partial charge in [0.1, 0.15) is 11.6 Å². The van der Waals surface area contributed by atoms with Crippen molar-refractivity contribution in [3.05, 3.63) is 81.2 Å². The summed E-state index contributed by atoms with van der Waals surface area (Å²) in [5.41, 5.74) is 1.02. The Morgan fingerprint density at radius 3 is 2.48 bits per heavy atom. The van der Waals surface area contributed by atoms with Crippen molar-refractivity contribution in [3.8, 4) is 6.07 Å². The van der Waals surface area contributed by atoms with E-state index in [4.69, 9.17) is 16.0 Å². The Hall–Kier alpha value is -2.00. The normalized spacial score (nSPS) is 11.4. The summed E-state index contributed by atoms with van der Waals surface area (Å²) in [6.07, 6.45) is 1.63. The molecule has 6 heteroatoms. The average Bonchev–Trinajstić information content (AvgIpc) is 2.95. The van der Waals surface area contributed by atoms with Gasteiger partial charge in [-0.2, -0.15) is 5.26 Å². The van der Waals surface area contributed by atoms with Gasteiger partial charge < -0.3 is 4.42 Å². The maximum atomic E-state index is 13.0. The summed E-state index contributed by atoms with van der Waals surface area (Å²) in [5, 5.41) is 10.7.